The summed E-state index contributed by atoms with van der Waals surface area (Å²) in [7, 11) is 0. The first-order valence-corrected chi connectivity index (χ1v) is 9.64. The van der Waals surface area contributed by atoms with Crippen LogP contribution in [-0.4, -0.2) is 32.8 Å². The van der Waals surface area contributed by atoms with Crippen molar-refractivity contribution in [2.75, 3.05) is 22.5 Å². The van der Waals surface area contributed by atoms with E-state index in [1.807, 2.05) is 12.1 Å². The summed E-state index contributed by atoms with van der Waals surface area (Å²) in [5.41, 5.74) is 6.36. The quantitative estimate of drug-likeness (QED) is 0.601. The molecule has 3 aromatic rings. The lowest BCUT2D eigenvalue weighted by Crippen LogP contribution is -2.29. The standard InChI is InChI=1S/C19H19FN6OS/c20-14-10-12(3-4-15(14)28-13-5-7-22-8-6-13)23-16-11-17(25-19(21)24-16)26-9-1-2-18(26)27/h3-8,10-11,18,27H,1-2,9H2,(H3,21,23,24,25). The van der Waals surface area contributed by atoms with Crippen molar-refractivity contribution in [3.63, 3.8) is 0 Å². The molecule has 9 heteroatoms. The summed E-state index contributed by atoms with van der Waals surface area (Å²) in [5, 5.41) is 13.1. The van der Waals surface area contributed by atoms with Crippen LogP contribution in [0.4, 0.5) is 27.7 Å². The zero-order valence-corrected chi connectivity index (χ0v) is 15.7. The van der Waals surface area contributed by atoms with Crippen molar-refractivity contribution in [3.8, 4) is 0 Å². The van der Waals surface area contributed by atoms with E-state index in [0.29, 0.717) is 35.2 Å². The lowest BCUT2D eigenvalue weighted by Gasteiger charge is -2.22. The fourth-order valence-corrected chi connectivity index (χ4v) is 3.83. The van der Waals surface area contributed by atoms with Crippen LogP contribution in [0.2, 0.25) is 0 Å². The maximum Gasteiger partial charge on any atom is 0.223 e. The van der Waals surface area contributed by atoms with Gasteiger partial charge in [-0.05, 0) is 43.2 Å². The van der Waals surface area contributed by atoms with Gasteiger partial charge in [0, 0.05) is 40.5 Å². The Morgan fingerprint density at radius 2 is 2.00 bits per heavy atom. The molecule has 4 N–H and O–H groups in total. The number of rotatable bonds is 5. The van der Waals surface area contributed by atoms with E-state index in [4.69, 9.17) is 5.73 Å². The molecular weight excluding hydrogens is 379 g/mol. The molecule has 1 aliphatic heterocycles. The van der Waals surface area contributed by atoms with Crippen LogP contribution in [0.15, 0.2) is 58.6 Å². The molecule has 1 atom stereocenters. The zero-order valence-electron chi connectivity index (χ0n) is 14.9. The highest BCUT2D eigenvalue weighted by atomic mass is 32.2. The van der Waals surface area contributed by atoms with Gasteiger partial charge >= 0.3 is 0 Å². The number of nitrogens with zero attached hydrogens (tertiary/aromatic N) is 4. The molecule has 7 nitrogen and oxygen atoms in total. The Kier molecular flexibility index (Phi) is 5.27. The molecule has 0 amide bonds. The summed E-state index contributed by atoms with van der Waals surface area (Å²) in [6.45, 7) is 0.701. The van der Waals surface area contributed by atoms with Crippen LogP contribution in [0.5, 0.6) is 0 Å². The number of nitrogens with one attached hydrogen (secondary N) is 1. The smallest absolute Gasteiger partial charge is 0.223 e. The summed E-state index contributed by atoms with van der Waals surface area (Å²) in [5.74, 6) is 0.731. The van der Waals surface area contributed by atoms with E-state index in [2.05, 4.69) is 20.3 Å². The lowest BCUT2D eigenvalue weighted by atomic mass is 10.3. The average Bonchev–Trinajstić information content (AvgIpc) is 3.10. The number of aliphatic hydroxyl groups is 1. The predicted molar refractivity (Wildman–Crippen MR) is 107 cm³/mol. The van der Waals surface area contributed by atoms with Crippen LogP contribution in [0, 0.1) is 5.82 Å². The van der Waals surface area contributed by atoms with E-state index < -0.39 is 6.23 Å². The summed E-state index contributed by atoms with van der Waals surface area (Å²) in [4.78, 5) is 15.5. The number of anilines is 4. The van der Waals surface area contributed by atoms with Crippen molar-refractivity contribution < 1.29 is 9.50 Å². The summed E-state index contributed by atoms with van der Waals surface area (Å²) in [6.07, 6.45) is 4.34. The van der Waals surface area contributed by atoms with Crippen molar-refractivity contribution in [1.82, 2.24) is 15.0 Å². The molecule has 1 saturated heterocycles. The number of hydrogen-bond donors (Lipinski definition) is 3. The van der Waals surface area contributed by atoms with Gasteiger partial charge in [0.1, 0.15) is 23.7 Å². The van der Waals surface area contributed by atoms with Gasteiger partial charge in [0.2, 0.25) is 5.95 Å². The maximum atomic E-state index is 14.5. The Bertz CT molecular complexity index is 974. The van der Waals surface area contributed by atoms with Crippen LogP contribution in [-0.2, 0) is 0 Å². The summed E-state index contributed by atoms with van der Waals surface area (Å²) >= 11 is 1.33. The van der Waals surface area contributed by atoms with Gasteiger partial charge in [0.25, 0.3) is 0 Å². The van der Waals surface area contributed by atoms with Gasteiger partial charge in [0.15, 0.2) is 0 Å². The normalized spacial score (nSPS) is 16.4. The largest absolute Gasteiger partial charge is 0.374 e. The average molecular weight is 398 g/mol. The molecule has 1 aromatic carbocycles. The minimum atomic E-state index is -0.580. The second kappa shape index (κ2) is 7.99. The molecule has 0 radical (unpaired) electrons. The van der Waals surface area contributed by atoms with Gasteiger partial charge in [-0.1, -0.05) is 11.8 Å². The molecule has 1 aliphatic rings. The van der Waals surface area contributed by atoms with Crippen LogP contribution in [0.3, 0.4) is 0 Å². The Hall–Kier alpha value is -2.91. The van der Waals surface area contributed by atoms with E-state index in [1.54, 1.807) is 35.5 Å². The monoisotopic (exact) mass is 398 g/mol. The molecule has 0 bridgehead atoms. The fraction of sp³-hybridized carbons (Fsp3) is 0.211. The van der Waals surface area contributed by atoms with E-state index >= 15 is 0 Å². The second-order valence-corrected chi connectivity index (χ2v) is 7.46. The molecule has 4 rings (SSSR count). The van der Waals surface area contributed by atoms with Gasteiger partial charge in [-0.25, -0.2) is 4.39 Å². The summed E-state index contributed by atoms with van der Waals surface area (Å²) < 4.78 is 14.5. The van der Waals surface area contributed by atoms with Crippen molar-refractivity contribution in [2.45, 2.75) is 28.9 Å². The molecule has 0 aliphatic carbocycles. The van der Waals surface area contributed by atoms with E-state index in [-0.39, 0.29) is 11.8 Å². The number of pyridine rings is 1. The number of nitrogens with two attached hydrogens (primary N) is 1. The van der Waals surface area contributed by atoms with Crippen LogP contribution in [0.25, 0.3) is 0 Å². The number of hydrogen-bond acceptors (Lipinski definition) is 8. The third-order valence-corrected chi connectivity index (χ3v) is 5.39. The minimum Gasteiger partial charge on any atom is -0.374 e. The molecule has 3 heterocycles. The Morgan fingerprint density at radius 3 is 2.71 bits per heavy atom. The Labute approximate surface area is 165 Å². The molecule has 28 heavy (non-hydrogen) atoms. The number of halogens is 1. The van der Waals surface area contributed by atoms with Crippen molar-refractivity contribution >= 4 is 35.0 Å². The minimum absolute atomic E-state index is 0.0874. The molecule has 144 valence electrons. The highest BCUT2D eigenvalue weighted by Crippen LogP contribution is 2.32. The maximum absolute atomic E-state index is 14.5. The molecule has 1 unspecified atom stereocenters. The van der Waals surface area contributed by atoms with E-state index in [1.165, 1.54) is 17.8 Å². The van der Waals surface area contributed by atoms with Gasteiger partial charge in [0.05, 0.1) is 0 Å². The first kappa shape index (κ1) is 18.5. The highest BCUT2D eigenvalue weighted by Gasteiger charge is 2.24. The van der Waals surface area contributed by atoms with Crippen molar-refractivity contribution in [2.24, 2.45) is 0 Å². The summed E-state index contributed by atoms with van der Waals surface area (Å²) in [6, 6.07) is 10.2. The highest BCUT2D eigenvalue weighted by molar-refractivity contribution is 7.99. The number of aliphatic hydroxyl groups excluding tert-OH is 1. The second-order valence-electron chi connectivity index (χ2n) is 6.34. The fourth-order valence-electron chi connectivity index (χ4n) is 3.02. The van der Waals surface area contributed by atoms with E-state index in [9.17, 15) is 9.50 Å². The number of benzene rings is 1. The van der Waals surface area contributed by atoms with Gasteiger partial charge in [-0.15, -0.1) is 0 Å². The molecule has 0 saturated carbocycles. The molecule has 0 spiro atoms. The third-order valence-electron chi connectivity index (χ3n) is 4.33. The van der Waals surface area contributed by atoms with Crippen LogP contribution < -0.4 is 16.0 Å². The zero-order chi connectivity index (χ0) is 19.5. The van der Waals surface area contributed by atoms with Gasteiger partial charge < -0.3 is 21.1 Å². The lowest BCUT2D eigenvalue weighted by molar-refractivity contribution is 0.185. The third kappa shape index (κ3) is 4.15. The van der Waals surface area contributed by atoms with Crippen molar-refractivity contribution in [1.29, 1.82) is 0 Å². The Morgan fingerprint density at radius 1 is 1.18 bits per heavy atom. The van der Waals surface area contributed by atoms with Crippen LogP contribution in [0.1, 0.15) is 12.8 Å². The number of aromatic nitrogens is 3. The van der Waals surface area contributed by atoms with Gasteiger partial charge in [-0.2, -0.15) is 9.97 Å². The van der Waals surface area contributed by atoms with Crippen LogP contribution >= 0.6 is 11.8 Å². The Balaban J connectivity index is 1.53. The predicted octanol–water partition coefficient (Wildman–Crippen LogP) is 3.41. The number of nitrogen functional groups attached to an aromatic ring is 1. The van der Waals surface area contributed by atoms with Crippen molar-refractivity contribution in [3.05, 3.63) is 54.6 Å². The van der Waals surface area contributed by atoms with Gasteiger partial charge in [-0.3, -0.25) is 4.98 Å². The van der Waals surface area contributed by atoms with E-state index in [0.717, 1.165) is 11.3 Å². The SMILES string of the molecule is Nc1nc(Nc2ccc(Sc3ccncc3)c(F)c2)cc(N2CCCC2O)n1. The molecular formula is C19H19FN6OS. The first-order valence-electron chi connectivity index (χ1n) is 8.82. The topological polar surface area (TPSA) is 100 Å². The molecule has 1 fully saturated rings. The molecule has 2 aromatic heterocycles. The first-order chi connectivity index (χ1) is 13.6.